The summed E-state index contributed by atoms with van der Waals surface area (Å²) in [6, 6.07) is 12.0. The van der Waals surface area contributed by atoms with Crippen molar-refractivity contribution in [2.45, 2.75) is 60.2 Å². The number of rotatable bonds is 8. The molecule has 0 aliphatic heterocycles. The lowest BCUT2D eigenvalue weighted by Crippen LogP contribution is -2.26. The highest BCUT2D eigenvalue weighted by molar-refractivity contribution is 5.94. The molecular weight excluding hydrogens is 442 g/mol. The van der Waals surface area contributed by atoms with Gasteiger partial charge in [0.2, 0.25) is 0 Å². The largest absolute Gasteiger partial charge is 0.318 e. The normalized spacial score (nSPS) is 11.2. The van der Waals surface area contributed by atoms with Gasteiger partial charge in [0.15, 0.2) is 0 Å². The summed E-state index contributed by atoms with van der Waals surface area (Å²) in [6.45, 7) is 13.3. The lowest BCUT2D eigenvalue weighted by Gasteiger charge is -2.21. The van der Waals surface area contributed by atoms with Crippen molar-refractivity contribution in [2.75, 3.05) is 20.7 Å². The third kappa shape index (κ3) is 7.71. The highest BCUT2D eigenvalue weighted by atomic mass is 16.6. The number of fused-ring (bicyclic) bond motifs is 1. The van der Waals surface area contributed by atoms with E-state index in [4.69, 9.17) is 4.84 Å². The summed E-state index contributed by atoms with van der Waals surface area (Å²) in [5.41, 5.74) is 5.80. The third-order valence-electron chi connectivity index (χ3n) is 5.75. The van der Waals surface area contributed by atoms with E-state index in [1.165, 1.54) is 10.9 Å². The Morgan fingerprint density at radius 3 is 2.43 bits per heavy atom. The van der Waals surface area contributed by atoms with Gasteiger partial charge in [-0.3, -0.25) is 23.9 Å². The standard InChI is InChI=1S/C23H28N4O3.C4H11N/c1-6-30-25-22(28)18-9-7-16(4)21(12-18)27-14-24-20-10-8-17(11-19(20)23(27)29)13-26(5)15(2)3;1-4(2)5-3/h7-12,14-15H,6,13H2,1-5H3,(H,25,28);4-5H,1-3H3. The number of hydrogen-bond donors (Lipinski definition) is 2. The van der Waals surface area contributed by atoms with Crippen LogP contribution in [-0.2, 0) is 11.4 Å². The van der Waals surface area contributed by atoms with E-state index in [2.05, 4.69) is 55.4 Å². The van der Waals surface area contributed by atoms with Crippen LogP contribution in [0.5, 0.6) is 0 Å². The zero-order chi connectivity index (χ0) is 26.1. The molecule has 3 aromatic rings. The summed E-state index contributed by atoms with van der Waals surface area (Å²) in [5.74, 6) is -0.362. The molecule has 0 aliphatic carbocycles. The van der Waals surface area contributed by atoms with Gasteiger partial charge in [-0.2, -0.15) is 0 Å². The Morgan fingerprint density at radius 1 is 1.14 bits per heavy atom. The Hall–Kier alpha value is -3.07. The average molecular weight is 482 g/mol. The predicted octanol–water partition coefficient (Wildman–Crippen LogP) is 3.83. The van der Waals surface area contributed by atoms with Gasteiger partial charge in [-0.1, -0.05) is 26.0 Å². The van der Waals surface area contributed by atoms with Crippen LogP contribution in [0.4, 0.5) is 0 Å². The fraction of sp³-hybridized carbons (Fsp3) is 0.444. The number of aryl methyl sites for hydroxylation is 1. The molecule has 0 aliphatic rings. The maximum Gasteiger partial charge on any atom is 0.274 e. The summed E-state index contributed by atoms with van der Waals surface area (Å²) in [4.78, 5) is 37.2. The molecule has 0 saturated heterocycles. The van der Waals surface area contributed by atoms with Crippen LogP contribution in [0.3, 0.4) is 0 Å². The molecule has 3 rings (SSSR count). The van der Waals surface area contributed by atoms with Crippen molar-refractivity contribution >= 4 is 16.8 Å². The number of amides is 1. The number of hydroxylamine groups is 1. The first-order valence-electron chi connectivity index (χ1n) is 12.0. The van der Waals surface area contributed by atoms with E-state index >= 15 is 0 Å². The van der Waals surface area contributed by atoms with Crippen molar-refractivity contribution in [2.24, 2.45) is 0 Å². The van der Waals surface area contributed by atoms with Crippen molar-refractivity contribution in [3.8, 4) is 5.69 Å². The minimum absolute atomic E-state index is 0.167. The number of aromatic nitrogens is 2. The summed E-state index contributed by atoms with van der Waals surface area (Å²) in [6.07, 6.45) is 1.51. The van der Waals surface area contributed by atoms with Crippen LogP contribution in [0.2, 0.25) is 0 Å². The van der Waals surface area contributed by atoms with Gasteiger partial charge in [-0.05, 0) is 77.2 Å². The lowest BCUT2D eigenvalue weighted by molar-refractivity contribution is 0.0364. The maximum atomic E-state index is 13.3. The predicted molar refractivity (Wildman–Crippen MR) is 142 cm³/mol. The highest BCUT2D eigenvalue weighted by Crippen LogP contribution is 2.18. The maximum absolute atomic E-state index is 13.3. The molecule has 0 atom stereocenters. The number of benzene rings is 2. The first-order chi connectivity index (χ1) is 16.6. The molecular formula is C27H39N5O3. The van der Waals surface area contributed by atoms with Crippen molar-refractivity contribution in [1.29, 1.82) is 0 Å². The Labute approximate surface area is 208 Å². The molecule has 1 heterocycles. The Balaban J connectivity index is 0.000000784. The van der Waals surface area contributed by atoms with Gasteiger partial charge in [0.05, 0.1) is 23.2 Å². The number of carbonyl (C=O) groups excluding carboxylic acids is 1. The van der Waals surface area contributed by atoms with Gasteiger partial charge in [0, 0.05) is 24.2 Å². The molecule has 8 heteroatoms. The minimum atomic E-state index is -0.362. The van der Waals surface area contributed by atoms with E-state index in [0.717, 1.165) is 17.7 Å². The van der Waals surface area contributed by atoms with Crippen LogP contribution in [0.1, 0.15) is 56.1 Å². The molecule has 0 radical (unpaired) electrons. The van der Waals surface area contributed by atoms with Crippen LogP contribution in [0, 0.1) is 6.92 Å². The fourth-order valence-corrected chi connectivity index (χ4v) is 3.12. The molecule has 0 unspecified atom stereocenters. The first kappa shape index (κ1) is 28.2. The zero-order valence-corrected chi connectivity index (χ0v) is 22.2. The van der Waals surface area contributed by atoms with Crippen LogP contribution in [-0.4, -0.2) is 53.1 Å². The number of nitrogens with one attached hydrogen (secondary N) is 2. The molecule has 190 valence electrons. The average Bonchev–Trinajstić information content (AvgIpc) is 2.84. The van der Waals surface area contributed by atoms with E-state index < -0.39 is 0 Å². The molecule has 8 nitrogen and oxygen atoms in total. The zero-order valence-electron chi connectivity index (χ0n) is 22.2. The first-order valence-corrected chi connectivity index (χ1v) is 12.0. The minimum Gasteiger partial charge on any atom is -0.318 e. The lowest BCUT2D eigenvalue weighted by atomic mass is 10.1. The number of carbonyl (C=O) groups is 1. The highest BCUT2D eigenvalue weighted by Gasteiger charge is 2.13. The van der Waals surface area contributed by atoms with Crippen LogP contribution in [0.15, 0.2) is 47.5 Å². The van der Waals surface area contributed by atoms with E-state index in [1.54, 1.807) is 25.1 Å². The molecule has 2 aromatic carbocycles. The second-order valence-corrected chi connectivity index (χ2v) is 9.09. The second-order valence-electron chi connectivity index (χ2n) is 9.09. The smallest absolute Gasteiger partial charge is 0.274 e. The molecule has 0 fully saturated rings. The van der Waals surface area contributed by atoms with E-state index in [9.17, 15) is 9.59 Å². The van der Waals surface area contributed by atoms with E-state index in [0.29, 0.717) is 40.8 Å². The van der Waals surface area contributed by atoms with Gasteiger partial charge >= 0.3 is 0 Å². The Kier molecular flexibility index (Phi) is 10.6. The van der Waals surface area contributed by atoms with Gasteiger partial charge < -0.3 is 5.32 Å². The van der Waals surface area contributed by atoms with Crippen LogP contribution < -0.4 is 16.4 Å². The topological polar surface area (TPSA) is 88.5 Å². The second kappa shape index (κ2) is 13.1. The summed E-state index contributed by atoms with van der Waals surface area (Å²) >= 11 is 0. The monoisotopic (exact) mass is 481 g/mol. The van der Waals surface area contributed by atoms with Crippen molar-refractivity contribution in [1.82, 2.24) is 25.2 Å². The molecule has 35 heavy (non-hydrogen) atoms. The van der Waals surface area contributed by atoms with Crippen LogP contribution in [0.25, 0.3) is 16.6 Å². The fourth-order valence-electron chi connectivity index (χ4n) is 3.12. The quantitative estimate of drug-likeness (QED) is 0.476. The van der Waals surface area contributed by atoms with Crippen molar-refractivity contribution in [3.63, 3.8) is 0 Å². The Morgan fingerprint density at radius 2 is 1.83 bits per heavy atom. The molecule has 0 bridgehead atoms. The van der Waals surface area contributed by atoms with Gasteiger partial charge in [0.1, 0.15) is 6.33 Å². The third-order valence-corrected chi connectivity index (χ3v) is 5.75. The molecule has 1 amide bonds. The van der Waals surface area contributed by atoms with Crippen molar-refractivity contribution < 1.29 is 9.63 Å². The molecule has 0 saturated carbocycles. The Bertz CT molecular complexity index is 1190. The summed E-state index contributed by atoms with van der Waals surface area (Å²) in [5, 5.41) is 3.58. The van der Waals surface area contributed by atoms with Gasteiger partial charge in [-0.25, -0.2) is 10.5 Å². The van der Waals surface area contributed by atoms with E-state index in [-0.39, 0.29) is 11.5 Å². The molecule has 1 aromatic heterocycles. The summed E-state index contributed by atoms with van der Waals surface area (Å²) < 4.78 is 1.49. The number of nitrogens with zero attached hydrogens (tertiary/aromatic N) is 3. The summed E-state index contributed by atoms with van der Waals surface area (Å²) in [7, 11) is 4.00. The van der Waals surface area contributed by atoms with Crippen LogP contribution >= 0.6 is 0 Å². The SMILES string of the molecule is CCONC(=O)c1ccc(C)c(-n2cnc3ccc(CN(C)C(C)C)cc3c2=O)c1.CNC(C)C. The van der Waals surface area contributed by atoms with Gasteiger partial charge in [0.25, 0.3) is 11.5 Å². The van der Waals surface area contributed by atoms with E-state index in [1.807, 2.05) is 32.2 Å². The van der Waals surface area contributed by atoms with Gasteiger partial charge in [-0.15, -0.1) is 0 Å². The number of hydrogen-bond acceptors (Lipinski definition) is 6. The molecule has 0 spiro atoms. The molecule has 2 N–H and O–H groups in total. The van der Waals surface area contributed by atoms with Crippen molar-refractivity contribution in [3.05, 3.63) is 69.8 Å².